The number of carbonyl (C=O) groups is 4. The second-order valence-corrected chi connectivity index (χ2v) is 7.50. The molecule has 0 aliphatic carbocycles. The summed E-state index contributed by atoms with van der Waals surface area (Å²) < 4.78 is 5.13. The van der Waals surface area contributed by atoms with Gasteiger partial charge in [-0.1, -0.05) is 46.8 Å². The van der Waals surface area contributed by atoms with Crippen LogP contribution in [-0.4, -0.2) is 41.1 Å². The largest absolute Gasteiger partial charge is 0.456 e. The number of benzene rings is 1. The molecule has 6 nitrogen and oxygen atoms in total. The average molecular weight is 345 g/mol. The van der Waals surface area contributed by atoms with E-state index in [1.54, 1.807) is 58.9 Å². The number of rotatable bonds is 5. The molecule has 2 amide bonds. The van der Waals surface area contributed by atoms with Crippen LogP contribution >= 0.6 is 0 Å². The number of fused-ring (bicyclic) bond motifs is 1. The molecule has 6 heteroatoms. The Kier molecular flexibility index (Phi) is 5.11. The number of carbonyl (C=O) groups excluding carboxylic acids is 4. The Hall–Kier alpha value is -2.50. The predicted octanol–water partition coefficient (Wildman–Crippen LogP) is 2.47. The van der Waals surface area contributed by atoms with Crippen molar-refractivity contribution in [2.45, 2.75) is 40.7 Å². The lowest BCUT2D eigenvalue weighted by Gasteiger charge is -2.27. The van der Waals surface area contributed by atoms with E-state index in [9.17, 15) is 19.2 Å². The van der Waals surface area contributed by atoms with Gasteiger partial charge in [0.05, 0.1) is 11.1 Å². The fourth-order valence-corrected chi connectivity index (χ4v) is 2.57. The number of hydrogen-bond donors (Lipinski definition) is 0. The summed E-state index contributed by atoms with van der Waals surface area (Å²) in [5.74, 6) is -2.36. The van der Waals surface area contributed by atoms with Gasteiger partial charge >= 0.3 is 5.97 Å². The summed E-state index contributed by atoms with van der Waals surface area (Å²) in [4.78, 5) is 50.6. The number of nitrogens with zero attached hydrogens (tertiary/aromatic N) is 1. The number of Topliss-reactive ketones (excluding diaryl/α,β-unsaturated/α-hetero) is 1. The first-order chi connectivity index (χ1) is 11.6. The van der Waals surface area contributed by atoms with Crippen molar-refractivity contribution in [3.8, 4) is 0 Å². The fraction of sp³-hybridized carbons (Fsp3) is 0.474. The van der Waals surface area contributed by atoms with Gasteiger partial charge in [-0.2, -0.15) is 0 Å². The van der Waals surface area contributed by atoms with E-state index >= 15 is 0 Å². The lowest BCUT2D eigenvalue weighted by molar-refractivity contribution is -0.154. The molecule has 0 aromatic heterocycles. The fourth-order valence-electron chi connectivity index (χ4n) is 2.57. The summed E-state index contributed by atoms with van der Waals surface area (Å²) in [5, 5.41) is 0. The molecule has 1 heterocycles. The molecule has 2 rings (SSSR count). The van der Waals surface area contributed by atoms with Gasteiger partial charge in [-0.05, 0) is 18.1 Å². The van der Waals surface area contributed by atoms with Crippen molar-refractivity contribution >= 4 is 23.6 Å². The third-order valence-corrected chi connectivity index (χ3v) is 4.16. The van der Waals surface area contributed by atoms with Crippen molar-refractivity contribution in [3.05, 3.63) is 35.4 Å². The number of esters is 1. The minimum absolute atomic E-state index is 0.231. The molecule has 0 radical (unpaired) electrons. The zero-order chi connectivity index (χ0) is 18.9. The average Bonchev–Trinajstić information content (AvgIpc) is 2.77. The van der Waals surface area contributed by atoms with Crippen molar-refractivity contribution in [1.29, 1.82) is 0 Å². The van der Waals surface area contributed by atoms with Crippen LogP contribution in [0.1, 0.15) is 55.3 Å². The summed E-state index contributed by atoms with van der Waals surface area (Å²) in [6.45, 7) is 8.25. The molecule has 134 valence electrons. The van der Waals surface area contributed by atoms with Crippen LogP contribution in [0.4, 0.5) is 0 Å². The van der Waals surface area contributed by atoms with Crippen LogP contribution in [-0.2, 0) is 14.3 Å². The second kappa shape index (κ2) is 6.78. The van der Waals surface area contributed by atoms with Gasteiger partial charge in [0.15, 0.2) is 12.4 Å². The van der Waals surface area contributed by atoms with E-state index in [0.717, 1.165) is 4.90 Å². The number of ketones is 1. The third kappa shape index (κ3) is 3.62. The molecule has 1 atom stereocenters. The number of amides is 2. The monoisotopic (exact) mass is 345 g/mol. The highest BCUT2D eigenvalue weighted by Gasteiger charge is 2.44. The Bertz CT molecular complexity index is 695. The molecule has 25 heavy (non-hydrogen) atoms. The van der Waals surface area contributed by atoms with Crippen molar-refractivity contribution in [3.63, 3.8) is 0 Å². The van der Waals surface area contributed by atoms with E-state index in [1.807, 2.05) is 0 Å². The normalized spacial score (nSPS) is 15.4. The van der Waals surface area contributed by atoms with Crippen LogP contribution in [0.15, 0.2) is 24.3 Å². The molecule has 0 bridgehead atoms. The van der Waals surface area contributed by atoms with E-state index in [2.05, 4.69) is 0 Å². The second-order valence-electron chi connectivity index (χ2n) is 7.50. The Morgan fingerprint density at radius 3 is 1.92 bits per heavy atom. The quantitative estimate of drug-likeness (QED) is 0.605. The number of ether oxygens (including phenoxy) is 1. The summed E-state index contributed by atoms with van der Waals surface area (Å²) in [5.41, 5.74) is -0.0863. The maximum Gasteiger partial charge on any atom is 0.330 e. The topological polar surface area (TPSA) is 80.8 Å². The van der Waals surface area contributed by atoms with Gasteiger partial charge in [-0.3, -0.25) is 19.3 Å². The predicted molar refractivity (Wildman–Crippen MR) is 91.0 cm³/mol. The van der Waals surface area contributed by atoms with Crippen LogP contribution < -0.4 is 0 Å². The third-order valence-electron chi connectivity index (χ3n) is 4.16. The molecule has 1 aromatic carbocycles. The SMILES string of the molecule is CC(C)[C@@H](C(=O)OCC(=O)C(C)(C)C)N1C(=O)c2ccccc2C1=O. The lowest BCUT2D eigenvalue weighted by Crippen LogP contribution is -2.49. The van der Waals surface area contributed by atoms with Crippen LogP contribution in [0.25, 0.3) is 0 Å². The van der Waals surface area contributed by atoms with E-state index in [1.165, 1.54) is 0 Å². The number of hydrogen-bond acceptors (Lipinski definition) is 5. The number of imide groups is 1. The zero-order valence-corrected chi connectivity index (χ0v) is 15.2. The van der Waals surface area contributed by atoms with Gasteiger partial charge in [0.25, 0.3) is 11.8 Å². The molecular formula is C19H23NO5. The summed E-state index contributed by atoms with van der Waals surface area (Å²) >= 11 is 0. The highest BCUT2D eigenvalue weighted by molar-refractivity contribution is 6.22. The highest BCUT2D eigenvalue weighted by atomic mass is 16.5. The summed E-state index contributed by atoms with van der Waals surface area (Å²) in [6.07, 6.45) is 0. The Labute approximate surface area is 147 Å². The highest BCUT2D eigenvalue weighted by Crippen LogP contribution is 2.27. The maximum atomic E-state index is 12.6. The minimum atomic E-state index is -1.07. The van der Waals surface area contributed by atoms with Crippen LogP contribution in [0.3, 0.4) is 0 Å². The molecule has 1 aliphatic heterocycles. The van der Waals surface area contributed by atoms with Gasteiger partial charge in [0.1, 0.15) is 6.04 Å². The van der Waals surface area contributed by atoms with Gasteiger partial charge in [0, 0.05) is 5.41 Å². The molecule has 0 N–H and O–H groups in total. The molecule has 1 aliphatic rings. The maximum absolute atomic E-state index is 12.6. The van der Waals surface area contributed by atoms with Gasteiger partial charge < -0.3 is 4.74 Å². The summed E-state index contributed by atoms with van der Waals surface area (Å²) in [6, 6.07) is 5.37. The van der Waals surface area contributed by atoms with E-state index in [0.29, 0.717) is 0 Å². The zero-order valence-electron chi connectivity index (χ0n) is 15.2. The first-order valence-corrected chi connectivity index (χ1v) is 8.22. The molecule has 0 unspecified atom stereocenters. The molecule has 0 fully saturated rings. The first kappa shape index (κ1) is 18.8. The summed E-state index contributed by atoms with van der Waals surface area (Å²) in [7, 11) is 0. The van der Waals surface area contributed by atoms with Crippen molar-refractivity contribution in [2.75, 3.05) is 6.61 Å². The smallest absolute Gasteiger partial charge is 0.330 e. The molecular weight excluding hydrogens is 322 g/mol. The standard InChI is InChI=1S/C19H23NO5/c1-11(2)15(18(24)25-10-14(21)19(3,4)5)20-16(22)12-8-6-7-9-13(12)17(20)23/h6-9,11,15H,10H2,1-5H3/t15-/m0/s1. The molecule has 0 saturated carbocycles. The van der Waals surface area contributed by atoms with E-state index in [-0.39, 0.29) is 29.4 Å². The first-order valence-electron chi connectivity index (χ1n) is 8.22. The Morgan fingerprint density at radius 1 is 1.04 bits per heavy atom. The lowest BCUT2D eigenvalue weighted by atomic mass is 9.91. The van der Waals surface area contributed by atoms with Crippen molar-refractivity contribution in [1.82, 2.24) is 4.90 Å². The van der Waals surface area contributed by atoms with Gasteiger partial charge in [-0.25, -0.2) is 4.79 Å². The van der Waals surface area contributed by atoms with Gasteiger partial charge in [0.2, 0.25) is 0 Å². The van der Waals surface area contributed by atoms with E-state index in [4.69, 9.17) is 4.74 Å². The molecule has 0 spiro atoms. The van der Waals surface area contributed by atoms with Crippen molar-refractivity contribution < 1.29 is 23.9 Å². The Balaban J connectivity index is 2.22. The van der Waals surface area contributed by atoms with Crippen molar-refractivity contribution in [2.24, 2.45) is 11.3 Å². The van der Waals surface area contributed by atoms with Crippen LogP contribution in [0.5, 0.6) is 0 Å². The van der Waals surface area contributed by atoms with Crippen LogP contribution in [0, 0.1) is 11.3 Å². The Morgan fingerprint density at radius 2 is 1.52 bits per heavy atom. The minimum Gasteiger partial charge on any atom is -0.456 e. The van der Waals surface area contributed by atoms with Gasteiger partial charge in [-0.15, -0.1) is 0 Å². The molecule has 1 aromatic rings. The molecule has 0 saturated heterocycles. The van der Waals surface area contributed by atoms with Crippen LogP contribution in [0.2, 0.25) is 0 Å². The van der Waals surface area contributed by atoms with E-state index < -0.39 is 29.2 Å².